The number of ketones is 2. The quantitative estimate of drug-likeness (QED) is 0.535. The minimum absolute atomic E-state index is 0.0251. The molecule has 108 valence electrons. The largest absolute Gasteiger partial charge is 0.365 e. The first-order valence-corrected chi connectivity index (χ1v) is 8.37. The zero-order chi connectivity index (χ0) is 14.6. The van der Waals surface area contributed by atoms with Gasteiger partial charge in [0, 0.05) is 25.1 Å². The summed E-state index contributed by atoms with van der Waals surface area (Å²) in [6, 6.07) is 8.47. The zero-order valence-electron chi connectivity index (χ0n) is 11.6. The van der Waals surface area contributed by atoms with Crippen LogP contribution in [-0.2, 0) is 16.0 Å². The van der Waals surface area contributed by atoms with Gasteiger partial charge in [0.15, 0.2) is 11.6 Å². The Morgan fingerprint density at radius 2 is 1.90 bits per heavy atom. The van der Waals surface area contributed by atoms with Crippen molar-refractivity contribution >= 4 is 27.5 Å². The molecule has 4 rings (SSSR count). The van der Waals surface area contributed by atoms with Crippen LogP contribution in [0.5, 0.6) is 0 Å². The minimum atomic E-state index is 0.0251. The summed E-state index contributed by atoms with van der Waals surface area (Å²) in [5.41, 5.74) is 4.01. The van der Waals surface area contributed by atoms with Gasteiger partial charge >= 0.3 is 0 Å². The number of hydrogen-bond donors (Lipinski definition) is 0. The van der Waals surface area contributed by atoms with E-state index in [0.717, 1.165) is 25.1 Å². The lowest BCUT2D eigenvalue weighted by molar-refractivity contribution is -0.124. The summed E-state index contributed by atoms with van der Waals surface area (Å²) in [4.78, 5) is 27.1. The van der Waals surface area contributed by atoms with Crippen molar-refractivity contribution in [3.05, 3.63) is 46.7 Å². The number of fused-ring (bicyclic) bond motifs is 4. The van der Waals surface area contributed by atoms with Crippen LogP contribution in [-0.4, -0.2) is 27.8 Å². The number of rotatable bonds is 0. The number of Topliss-reactive ketones (excluding diaryl/α,β-unsaturated/α-hetero) is 2. The summed E-state index contributed by atoms with van der Waals surface area (Å²) in [5, 5.41) is 0. The highest BCUT2D eigenvalue weighted by molar-refractivity contribution is 9.09. The number of allylic oxidation sites excluding steroid dienone is 2. The number of nitrogens with zero attached hydrogens (tertiary/aromatic N) is 1. The van der Waals surface area contributed by atoms with Gasteiger partial charge < -0.3 is 4.90 Å². The van der Waals surface area contributed by atoms with E-state index < -0.39 is 0 Å². The molecule has 4 heteroatoms. The lowest BCUT2D eigenvalue weighted by Crippen LogP contribution is -2.46. The first kappa shape index (κ1) is 13.3. The first-order chi connectivity index (χ1) is 10.2. The predicted molar refractivity (Wildman–Crippen MR) is 83.2 cm³/mol. The zero-order valence-corrected chi connectivity index (χ0v) is 13.2. The smallest absolute Gasteiger partial charge is 0.170 e. The molecule has 0 radical (unpaired) electrons. The molecule has 1 aromatic rings. The van der Waals surface area contributed by atoms with E-state index in [0.29, 0.717) is 18.4 Å². The second-order valence-electron chi connectivity index (χ2n) is 5.97. The van der Waals surface area contributed by atoms with Gasteiger partial charge in [-0.3, -0.25) is 9.59 Å². The first-order valence-electron chi connectivity index (χ1n) is 7.46. The average molecular weight is 346 g/mol. The van der Waals surface area contributed by atoms with Gasteiger partial charge in [-0.2, -0.15) is 0 Å². The maximum Gasteiger partial charge on any atom is 0.170 e. The lowest BCUT2D eigenvalue weighted by atomic mass is 9.80. The SMILES string of the molecule is O=C1CCC(Br)C2=C1C(=O)CC1c3ccccc3CCN21. The van der Waals surface area contributed by atoms with Crippen LogP contribution >= 0.6 is 15.9 Å². The van der Waals surface area contributed by atoms with Crippen molar-refractivity contribution in [1.82, 2.24) is 4.90 Å². The molecule has 0 fully saturated rings. The predicted octanol–water partition coefficient (Wildman–Crippen LogP) is 2.94. The lowest BCUT2D eigenvalue weighted by Gasteiger charge is -2.46. The highest BCUT2D eigenvalue weighted by atomic mass is 79.9. The molecule has 0 saturated carbocycles. The second-order valence-corrected chi connectivity index (χ2v) is 7.08. The van der Waals surface area contributed by atoms with E-state index in [1.165, 1.54) is 11.1 Å². The summed E-state index contributed by atoms with van der Waals surface area (Å²) in [7, 11) is 0. The Hall–Kier alpha value is -1.42. The van der Waals surface area contributed by atoms with E-state index in [4.69, 9.17) is 0 Å². The van der Waals surface area contributed by atoms with Gasteiger partial charge in [0.25, 0.3) is 0 Å². The fourth-order valence-electron chi connectivity index (χ4n) is 3.88. The van der Waals surface area contributed by atoms with Crippen molar-refractivity contribution in [2.24, 2.45) is 0 Å². The Kier molecular flexibility index (Phi) is 3.03. The summed E-state index contributed by atoms with van der Waals surface area (Å²) >= 11 is 3.68. The Bertz CT molecular complexity index is 679. The third-order valence-corrected chi connectivity index (χ3v) is 5.73. The number of carbonyl (C=O) groups excluding carboxylic acids is 2. The second kappa shape index (κ2) is 4.80. The maximum atomic E-state index is 12.5. The average Bonchev–Trinajstić information content (AvgIpc) is 2.50. The van der Waals surface area contributed by atoms with E-state index in [-0.39, 0.29) is 22.4 Å². The molecule has 0 aromatic heterocycles. The molecule has 2 aliphatic heterocycles. The van der Waals surface area contributed by atoms with Gasteiger partial charge in [-0.1, -0.05) is 40.2 Å². The molecule has 21 heavy (non-hydrogen) atoms. The highest BCUT2D eigenvalue weighted by Gasteiger charge is 2.43. The number of hydrogen-bond acceptors (Lipinski definition) is 3. The standard InChI is InChI=1S/C17H16BrNO2/c18-12-5-6-14(20)16-15(21)9-13-11-4-2-1-3-10(11)7-8-19(13)17(12)16/h1-4,12-13H,5-9H2. The van der Waals surface area contributed by atoms with Gasteiger partial charge in [0.05, 0.1) is 16.4 Å². The fourth-order valence-corrected chi connectivity index (χ4v) is 4.60. The van der Waals surface area contributed by atoms with Crippen LogP contribution in [0.4, 0.5) is 0 Å². The van der Waals surface area contributed by atoms with Crippen molar-refractivity contribution in [2.75, 3.05) is 6.54 Å². The Morgan fingerprint density at radius 3 is 2.76 bits per heavy atom. The van der Waals surface area contributed by atoms with Gasteiger partial charge in [-0.25, -0.2) is 0 Å². The normalized spacial score (nSPS) is 28.1. The summed E-state index contributed by atoms with van der Waals surface area (Å²) in [5.74, 6) is 0.0557. The van der Waals surface area contributed by atoms with E-state index in [2.05, 4.69) is 39.0 Å². The third-order valence-electron chi connectivity index (χ3n) is 4.84. The van der Waals surface area contributed by atoms with Crippen LogP contribution in [0.1, 0.15) is 36.4 Å². The number of alkyl halides is 1. The molecule has 3 aliphatic rings. The van der Waals surface area contributed by atoms with Crippen LogP contribution in [0, 0.1) is 0 Å². The Morgan fingerprint density at radius 1 is 1.10 bits per heavy atom. The van der Waals surface area contributed by atoms with Crippen molar-refractivity contribution < 1.29 is 9.59 Å². The molecule has 2 atom stereocenters. The molecule has 2 heterocycles. The molecular formula is C17H16BrNO2. The molecule has 0 saturated heterocycles. The monoisotopic (exact) mass is 345 g/mol. The summed E-state index contributed by atoms with van der Waals surface area (Å²) in [6.07, 6.45) is 2.68. The van der Waals surface area contributed by atoms with E-state index in [1.807, 2.05) is 6.07 Å². The van der Waals surface area contributed by atoms with Crippen LogP contribution < -0.4 is 0 Å². The fraction of sp³-hybridized carbons (Fsp3) is 0.412. The van der Waals surface area contributed by atoms with E-state index in [1.54, 1.807) is 0 Å². The van der Waals surface area contributed by atoms with Crippen LogP contribution in [0.15, 0.2) is 35.5 Å². The van der Waals surface area contributed by atoms with Gasteiger partial charge in [0.2, 0.25) is 0 Å². The Balaban J connectivity index is 1.86. The molecule has 0 amide bonds. The molecule has 1 aliphatic carbocycles. The third kappa shape index (κ3) is 1.92. The number of benzene rings is 1. The van der Waals surface area contributed by atoms with Crippen molar-refractivity contribution in [2.45, 2.75) is 36.6 Å². The number of halogens is 1. The minimum Gasteiger partial charge on any atom is -0.365 e. The molecule has 1 aromatic carbocycles. The van der Waals surface area contributed by atoms with E-state index in [9.17, 15) is 9.59 Å². The van der Waals surface area contributed by atoms with Gasteiger partial charge in [-0.15, -0.1) is 0 Å². The molecule has 0 N–H and O–H groups in total. The van der Waals surface area contributed by atoms with E-state index >= 15 is 0 Å². The van der Waals surface area contributed by atoms with Gasteiger partial charge in [0.1, 0.15) is 0 Å². The highest BCUT2D eigenvalue weighted by Crippen LogP contribution is 2.44. The molecule has 0 spiro atoms. The van der Waals surface area contributed by atoms with Crippen LogP contribution in [0.25, 0.3) is 0 Å². The van der Waals surface area contributed by atoms with Gasteiger partial charge in [-0.05, 0) is 24.0 Å². The molecule has 3 nitrogen and oxygen atoms in total. The summed E-state index contributed by atoms with van der Waals surface area (Å²) in [6.45, 7) is 0.892. The Labute approximate surface area is 132 Å². The summed E-state index contributed by atoms with van der Waals surface area (Å²) < 4.78 is 0. The van der Waals surface area contributed by atoms with Crippen molar-refractivity contribution in [3.63, 3.8) is 0 Å². The van der Waals surface area contributed by atoms with Crippen LogP contribution in [0.2, 0.25) is 0 Å². The number of carbonyl (C=O) groups is 2. The topological polar surface area (TPSA) is 37.4 Å². The molecular weight excluding hydrogens is 330 g/mol. The van der Waals surface area contributed by atoms with Crippen molar-refractivity contribution in [3.8, 4) is 0 Å². The van der Waals surface area contributed by atoms with Crippen LogP contribution in [0.3, 0.4) is 0 Å². The maximum absolute atomic E-state index is 12.5. The molecule has 2 unspecified atom stereocenters. The van der Waals surface area contributed by atoms with Crippen molar-refractivity contribution in [1.29, 1.82) is 0 Å². The molecule has 0 bridgehead atoms.